The second-order valence-electron chi connectivity index (χ2n) is 13.4. The first kappa shape index (κ1) is 31.8. The average molecular weight is 589 g/mol. The van der Waals surface area contributed by atoms with Crippen LogP contribution in [0.25, 0.3) is 0 Å². The molecule has 2 atom stereocenters. The summed E-state index contributed by atoms with van der Waals surface area (Å²) in [4.78, 5) is 0. The molecule has 1 saturated carbocycles. The molecule has 2 aliphatic carbocycles. The Balaban J connectivity index is 2.05. The van der Waals surface area contributed by atoms with Gasteiger partial charge in [-0.25, -0.2) is 22.0 Å². The molecule has 2 unspecified atom stereocenters. The maximum absolute atomic E-state index is 15.3. The molecule has 1 spiro atoms. The summed E-state index contributed by atoms with van der Waals surface area (Å²) >= 11 is 0. The van der Waals surface area contributed by atoms with E-state index in [0.717, 1.165) is 59.3 Å². The van der Waals surface area contributed by atoms with Gasteiger partial charge < -0.3 is 9.47 Å². The molecular formula is C35H41F5O2. The van der Waals surface area contributed by atoms with Gasteiger partial charge in [-0.1, -0.05) is 59.8 Å². The van der Waals surface area contributed by atoms with Crippen LogP contribution < -0.4 is 4.74 Å². The normalized spacial score (nSPS) is 22.0. The topological polar surface area (TPSA) is 18.5 Å². The van der Waals surface area contributed by atoms with Crippen molar-refractivity contribution in [2.75, 3.05) is 14.2 Å². The second kappa shape index (κ2) is 10.9. The van der Waals surface area contributed by atoms with Crippen LogP contribution in [0.5, 0.6) is 5.75 Å². The van der Waals surface area contributed by atoms with Crippen LogP contribution in [0.2, 0.25) is 0 Å². The van der Waals surface area contributed by atoms with E-state index in [1.54, 1.807) is 27.9 Å². The fourth-order valence-electron chi connectivity index (χ4n) is 7.17. The molecular weight excluding hydrogens is 547 g/mol. The summed E-state index contributed by atoms with van der Waals surface area (Å²) in [6.45, 7) is 17.9. The van der Waals surface area contributed by atoms with E-state index in [-0.39, 0.29) is 5.41 Å². The predicted molar refractivity (Wildman–Crippen MR) is 156 cm³/mol. The Morgan fingerprint density at radius 3 is 2.05 bits per heavy atom. The molecule has 1 fully saturated rings. The summed E-state index contributed by atoms with van der Waals surface area (Å²) in [6, 6.07) is 3.76. The molecule has 0 radical (unpaired) electrons. The van der Waals surface area contributed by atoms with Crippen LogP contribution in [0.3, 0.4) is 0 Å². The van der Waals surface area contributed by atoms with Gasteiger partial charge in [-0.15, -0.1) is 0 Å². The third kappa shape index (κ3) is 4.87. The number of hydrogen-bond donors (Lipinski definition) is 0. The first-order valence-electron chi connectivity index (χ1n) is 14.3. The average Bonchev–Trinajstić information content (AvgIpc) is 3.35. The number of ether oxygens (including phenoxy) is 2. The van der Waals surface area contributed by atoms with Gasteiger partial charge in [-0.05, 0) is 77.9 Å². The van der Waals surface area contributed by atoms with Crippen molar-refractivity contribution in [1.82, 2.24) is 0 Å². The van der Waals surface area contributed by atoms with Crippen molar-refractivity contribution in [2.45, 2.75) is 90.9 Å². The van der Waals surface area contributed by atoms with E-state index in [2.05, 4.69) is 33.4 Å². The predicted octanol–water partition coefficient (Wildman–Crippen LogP) is 10.1. The van der Waals surface area contributed by atoms with Crippen molar-refractivity contribution in [3.8, 4) is 5.75 Å². The van der Waals surface area contributed by atoms with Crippen molar-refractivity contribution in [1.29, 1.82) is 0 Å². The highest BCUT2D eigenvalue weighted by Gasteiger charge is 2.53. The SMILES string of the molecule is C=C1CCC2(CC(C)(C)c3cc(C(c4c(F)c(F)c(F)c(F)c4F)C(C)(C)C)c(OC)cc32)/C1=C/C(OC)=C(\C)CC. The Kier molecular flexibility index (Phi) is 8.24. The molecule has 0 aromatic heterocycles. The number of halogens is 5. The number of hydrogen-bond acceptors (Lipinski definition) is 2. The van der Waals surface area contributed by atoms with E-state index in [1.165, 1.54) is 7.11 Å². The number of rotatable bonds is 6. The van der Waals surface area contributed by atoms with E-state index in [4.69, 9.17) is 9.47 Å². The highest BCUT2D eigenvalue weighted by Crippen LogP contribution is 2.62. The molecule has 0 bridgehead atoms. The molecule has 2 aliphatic rings. The van der Waals surface area contributed by atoms with Crippen molar-refractivity contribution in [2.24, 2.45) is 5.41 Å². The number of methoxy groups -OCH3 is 2. The van der Waals surface area contributed by atoms with Crippen molar-refractivity contribution in [3.63, 3.8) is 0 Å². The summed E-state index contributed by atoms with van der Waals surface area (Å²) in [5.74, 6) is -9.81. The maximum atomic E-state index is 15.3. The van der Waals surface area contributed by atoms with Crippen LogP contribution in [-0.2, 0) is 15.6 Å². The van der Waals surface area contributed by atoms with Crippen molar-refractivity contribution < 1.29 is 31.4 Å². The highest BCUT2D eigenvalue weighted by molar-refractivity contribution is 5.63. The zero-order valence-corrected chi connectivity index (χ0v) is 26.1. The van der Waals surface area contributed by atoms with Crippen LogP contribution in [0.4, 0.5) is 22.0 Å². The zero-order valence-electron chi connectivity index (χ0n) is 26.1. The zero-order chi connectivity index (χ0) is 31.5. The Morgan fingerprint density at radius 1 is 0.976 bits per heavy atom. The van der Waals surface area contributed by atoms with Crippen LogP contribution in [0, 0.1) is 34.5 Å². The van der Waals surface area contributed by atoms with Gasteiger partial charge in [-0.2, -0.15) is 0 Å². The third-order valence-corrected chi connectivity index (χ3v) is 9.26. The van der Waals surface area contributed by atoms with Crippen LogP contribution in [0.1, 0.15) is 102 Å². The van der Waals surface area contributed by atoms with Gasteiger partial charge in [0.1, 0.15) is 11.5 Å². The van der Waals surface area contributed by atoms with E-state index in [1.807, 2.05) is 19.1 Å². The lowest BCUT2D eigenvalue weighted by Crippen LogP contribution is -2.25. The van der Waals surface area contributed by atoms with E-state index in [0.29, 0.717) is 11.3 Å². The van der Waals surface area contributed by atoms with Gasteiger partial charge in [0, 0.05) is 22.5 Å². The lowest BCUT2D eigenvalue weighted by Gasteiger charge is -2.34. The van der Waals surface area contributed by atoms with Gasteiger partial charge in [0.2, 0.25) is 5.82 Å². The van der Waals surface area contributed by atoms with Gasteiger partial charge in [0.05, 0.1) is 14.2 Å². The molecule has 0 heterocycles. The van der Waals surface area contributed by atoms with Gasteiger partial charge in [0.15, 0.2) is 23.3 Å². The van der Waals surface area contributed by atoms with Crippen LogP contribution in [-0.4, -0.2) is 14.2 Å². The molecule has 2 aromatic rings. The minimum Gasteiger partial charge on any atom is -0.497 e. The molecule has 0 N–H and O–H groups in total. The van der Waals surface area contributed by atoms with E-state index in [9.17, 15) is 13.2 Å². The maximum Gasteiger partial charge on any atom is 0.200 e. The Labute approximate surface area is 246 Å². The molecule has 4 rings (SSSR count). The lowest BCUT2D eigenvalue weighted by atomic mass is 9.70. The molecule has 2 aromatic carbocycles. The number of fused-ring (bicyclic) bond motifs is 2. The minimum atomic E-state index is -2.17. The van der Waals surface area contributed by atoms with E-state index >= 15 is 8.78 Å². The van der Waals surface area contributed by atoms with Crippen LogP contribution in [0.15, 0.2) is 47.3 Å². The first-order valence-corrected chi connectivity index (χ1v) is 14.3. The standard InChI is InChI=1S/C35H41F5O2/c1-11-18(2)24(41-9)15-21-19(3)12-13-35(21)17-34(7,8)22-14-20(25(42-10)16-23(22)35)27(33(4,5)6)26-28(36)30(38)32(40)31(39)29(26)37/h14-16,27H,3,11-13,17H2,1-2,4-10H3/b21-15+,24-18-. The minimum absolute atomic E-state index is 0.332. The fraction of sp³-hybridized carbons (Fsp3) is 0.486. The summed E-state index contributed by atoms with van der Waals surface area (Å²) in [5, 5.41) is 0. The first-order chi connectivity index (χ1) is 19.5. The van der Waals surface area contributed by atoms with Crippen molar-refractivity contribution in [3.05, 3.63) is 98.6 Å². The lowest BCUT2D eigenvalue weighted by molar-refractivity contribution is 0.299. The summed E-state index contributed by atoms with van der Waals surface area (Å²) < 4.78 is 85.2. The molecule has 42 heavy (non-hydrogen) atoms. The smallest absolute Gasteiger partial charge is 0.200 e. The van der Waals surface area contributed by atoms with Gasteiger partial charge in [0.25, 0.3) is 0 Å². The number of allylic oxidation sites excluding steroid dienone is 4. The molecule has 2 nitrogen and oxygen atoms in total. The fourth-order valence-corrected chi connectivity index (χ4v) is 7.17. The molecule has 0 saturated heterocycles. The number of benzene rings is 2. The Morgan fingerprint density at radius 2 is 1.55 bits per heavy atom. The Hall–Kier alpha value is -3.09. The summed E-state index contributed by atoms with van der Waals surface area (Å²) in [5.41, 5.74) is 2.98. The summed E-state index contributed by atoms with van der Waals surface area (Å²) in [7, 11) is 3.11. The van der Waals surface area contributed by atoms with Crippen LogP contribution >= 0.6 is 0 Å². The van der Waals surface area contributed by atoms with Gasteiger partial charge in [-0.3, -0.25) is 0 Å². The van der Waals surface area contributed by atoms with E-state index < -0.39 is 51.4 Å². The highest BCUT2D eigenvalue weighted by atomic mass is 19.2. The molecule has 228 valence electrons. The van der Waals surface area contributed by atoms with Crippen molar-refractivity contribution >= 4 is 0 Å². The molecule has 0 amide bonds. The summed E-state index contributed by atoms with van der Waals surface area (Å²) in [6.07, 6.45) is 5.28. The van der Waals surface area contributed by atoms with Gasteiger partial charge >= 0.3 is 0 Å². The second-order valence-corrected chi connectivity index (χ2v) is 13.4. The Bertz CT molecular complexity index is 1480. The largest absolute Gasteiger partial charge is 0.497 e. The molecule has 7 heteroatoms. The quantitative estimate of drug-likeness (QED) is 0.145. The third-order valence-electron chi connectivity index (χ3n) is 9.26. The monoisotopic (exact) mass is 588 g/mol. The molecule has 0 aliphatic heterocycles.